The van der Waals surface area contributed by atoms with Gasteiger partial charge in [0.15, 0.2) is 15.8 Å². The van der Waals surface area contributed by atoms with Gasteiger partial charge in [0, 0.05) is 24.7 Å². The van der Waals surface area contributed by atoms with Gasteiger partial charge < -0.3 is 20.3 Å². The Balaban J connectivity index is 1.97. The summed E-state index contributed by atoms with van der Waals surface area (Å²) >= 11 is 0. The van der Waals surface area contributed by atoms with Crippen molar-refractivity contribution in [2.45, 2.75) is 39.8 Å². The van der Waals surface area contributed by atoms with Gasteiger partial charge >= 0.3 is 0 Å². The highest BCUT2D eigenvalue weighted by atomic mass is 32.2. The average Bonchev–Trinajstić information content (AvgIpc) is 3.02. The van der Waals surface area contributed by atoms with E-state index < -0.39 is 9.84 Å². The minimum absolute atomic E-state index is 0.0802. The molecule has 1 aromatic carbocycles. The molecule has 2 N–H and O–H groups in total. The normalized spacial score (nSPS) is 19.0. The zero-order chi connectivity index (χ0) is 20.4. The molecule has 1 aliphatic rings. The summed E-state index contributed by atoms with van der Waals surface area (Å²) in [5.41, 5.74) is 1.01. The molecule has 1 fully saturated rings. The molecule has 0 spiro atoms. The summed E-state index contributed by atoms with van der Waals surface area (Å²) < 4.78 is 29.3. The summed E-state index contributed by atoms with van der Waals surface area (Å²) in [6, 6.07) is 7.85. The van der Waals surface area contributed by atoms with Crippen molar-refractivity contribution in [3.8, 4) is 5.75 Å². The smallest absolute Gasteiger partial charge is 0.191 e. The molecule has 8 heteroatoms. The average molecular weight is 411 g/mol. The van der Waals surface area contributed by atoms with Gasteiger partial charge in [0.25, 0.3) is 0 Å². The van der Waals surface area contributed by atoms with E-state index in [4.69, 9.17) is 4.74 Å². The van der Waals surface area contributed by atoms with Crippen LogP contribution in [0, 0.1) is 0 Å². The first-order valence-electron chi connectivity index (χ1n) is 10.2. The molecule has 0 aromatic heterocycles. The molecule has 0 radical (unpaired) electrons. The lowest BCUT2D eigenvalue weighted by molar-refractivity contribution is 0.221. The highest BCUT2D eigenvalue weighted by Gasteiger charge is 2.28. The SMILES string of the molecule is CCNC(=NCc1ccccc1OCCN(CC)CC)NC1CCS(=O)(=O)C1. The number of rotatable bonds is 10. The molecule has 2 rings (SSSR count). The van der Waals surface area contributed by atoms with Gasteiger partial charge in [0.1, 0.15) is 12.4 Å². The number of aliphatic imine (C=N–C) groups is 1. The van der Waals surface area contributed by atoms with Gasteiger partial charge in [0.2, 0.25) is 0 Å². The van der Waals surface area contributed by atoms with Crippen LogP contribution in [-0.2, 0) is 16.4 Å². The number of sulfone groups is 1. The molecular weight excluding hydrogens is 376 g/mol. The highest BCUT2D eigenvalue weighted by Crippen LogP contribution is 2.19. The Kier molecular flexibility index (Phi) is 9.05. The van der Waals surface area contributed by atoms with Crippen molar-refractivity contribution in [3.63, 3.8) is 0 Å². The van der Waals surface area contributed by atoms with E-state index in [0.29, 0.717) is 32.1 Å². The molecule has 1 atom stereocenters. The highest BCUT2D eigenvalue weighted by molar-refractivity contribution is 7.91. The Morgan fingerprint density at radius 1 is 1.25 bits per heavy atom. The maximum Gasteiger partial charge on any atom is 0.191 e. The number of ether oxygens (including phenoxy) is 1. The second-order valence-corrected chi connectivity index (χ2v) is 9.15. The zero-order valence-corrected chi connectivity index (χ0v) is 18.1. The predicted octanol–water partition coefficient (Wildman–Crippen LogP) is 1.65. The largest absolute Gasteiger partial charge is 0.492 e. The molecular formula is C20H34N4O3S. The molecule has 0 aliphatic carbocycles. The van der Waals surface area contributed by atoms with E-state index in [2.05, 4.69) is 34.4 Å². The second-order valence-electron chi connectivity index (χ2n) is 6.92. The van der Waals surface area contributed by atoms with E-state index in [1.807, 2.05) is 31.2 Å². The summed E-state index contributed by atoms with van der Waals surface area (Å²) in [7, 11) is -2.92. The lowest BCUT2D eigenvalue weighted by Crippen LogP contribution is -2.44. The van der Waals surface area contributed by atoms with Gasteiger partial charge in [-0.3, -0.25) is 0 Å². The number of para-hydroxylation sites is 1. The first kappa shape index (κ1) is 22.5. The Hall–Kier alpha value is -1.80. The van der Waals surface area contributed by atoms with Crippen molar-refractivity contribution in [1.82, 2.24) is 15.5 Å². The lowest BCUT2D eigenvalue weighted by Gasteiger charge is -2.19. The lowest BCUT2D eigenvalue weighted by atomic mass is 10.2. The quantitative estimate of drug-likeness (QED) is 0.451. The van der Waals surface area contributed by atoms with Crippen molar-refractivity contribution >= 4 is 15.8 Å². The number of likely N-dealkylation sites (N-methyl/N-ethyl adjacent to an activating group) is 1. The van der Waals surface area contributed by atoms with Gasteiger partial charge in [-0.25, -0.2) is 13.4 Å². The van der Waals surface area contributed by atoms with Crippen molar-refractivity contribution in [2.75, 3.05) is 44.3 Å². The van der Waals surface area contributed by atoms with Crippen LogP contribution < -0.4 is 15.4 Å². The van der Waals surface area contributed by atoms with Gasteiger partial charge in [-0.05, 0) is 32.5 Å². The maximum atomic E-state index is 11.7. The third-order valence-corrected chi connectivity index (χ3v) is 6.63. The van der Waals surface area contributed by atoms with Crippen LogP contribution in [0.5, 0.6) is 5.75 Å². The molecule has 0 bridgehead atoms. The van der Waals surface area contributed by atoms with E-state index in [1.165, 1.54) is 0 Å². The van der Waals surface area contributed by atoms with Crippen molar-refractivity contribution in [2.24, 2.45) is 4.99 Å². The summed E-state index contributed by atoms with van der Waals surface area (Å²) in [6.45, 7) is 11.0. The fourth-order valence-electron chi connectivity index (χ4n) is 3.19. The maximum absolute atomic E-state index is 11.7. The van der Waals surface area contributed by atoms with Gasteiger partial charge in [-0.2, -0.15) is 0 Å². The van der Waals surface area contributed by atoms with Crippen LogP contribution in [-0.4, -0.2) is 69.6 Å². The Morgan fingerprint density at radius 3 is 2.64 bits per heavy atom. The fraction of sp³-hybridized carbons (Fsp3) is 0.650. The number of nitrogens with zero attached hydrogens (tertiary/aromatic N) is 2. The first-order chi connectivity index (χ1) is 13.5. The Bertz CT molecular complexity index is 733. The molecule has 28 heavy (non-hydrogen) atoms. The van der Waals surface area contributed by atoms with E-state index in [0.717, 1.165) is 30.9 Å². The topological polar surface area (TPSA) is 83.0 Å². The predicted molar refractivity (Wildman–Crippen MR) is 115 cm³/mol. The molecule has 0 amide bonds. The molecule has 1 heterocycles. The summed E-state index contributed by atoms with van der Waals surface area (Å²) in [5.74, 6) is 1.90. The molecule has 1 unspecified atom stereocenters. The van der Waals surface area contributed by atoms with Crippen LogP contribution in [0.25, 0.3) is 0 Å². The van der Waals surface area contributed by atoms with Crippen LogP contribution in [0.1, 0.15) is 32.8 Å². The van der Waals surface area contributed by atoms with Crippen LogP contribution >= 0.6 is 0 Å². The monoisotopic (exact) mass is 410 g/mol. The van der Waals surface area contributed by atoms with Crippen LogP contribution in [0.15, 0.2) is 29.3 Å². The van der Waals surface area contributed by atoms with Crippen molar-refractivity contribution in [1.29, 1.82) is 0 Å². The Morgan fingerprint density at radius 2 is 2.00 bits per heavy atom. The van der Waals surface area contributed by atoms with E-state index in [9.17, 15) is 8.42 Å². The molecule has 7 nitrogen and oxygen atoms in total. The van der Waals surface area contributed by atoms with Crippen LogP contribution in [0.2, 0.25) is 0 Å². The van der Waals surface area contributed by atoms with Crippen molar-refractivity contribution in [3.05, 3.63) is 29.8 Å². The minimum atomic E-state index is -2.92. The van der Waals surface area contributed by atoms with E-state index in [-0.39, 0.29) is 17.5 Å². The number of hydrogen-bond donors (Lipinski definition) is 2. The van der Waals surface area contributed by atoms with E-state index in [1.54, 1.807) is 0 Å². The standard InChI is InChI=1S/C20H34N4O3S/c1-4-21-20(23-18-11-14-28(25,26)16-18)22-15-17-9-7-8-10-19(17)27-13-12-24(5-2)6-3/h7-10,18H,4-6,11-16H2,1-3H3,(H2,21,22,23). The first-order valence-corrected chi connectivity index (χ1v) is 12.0. The number of benzene rings is 1. The second kappa shape index (κ2) is 11.3. The van der Waals surface area contributed by atoms with Crippen LogP contribution in [0.3, 0.4) is 0 Å². The third kappa shape index (κ3) is 7.31. The third-order valence-electron chi connectivity index (χ3n) is 4.86. The van der Waals surface area contributed by atoms with Gasteiger partial charge in [0.05, 0.1) is 18.1 Å². The number of nitrogens with one attached hydrogen (secondary N) is 2. The number of guanidine groups is 1. The molecule has 1 aromatic rings. The summed E-state index contributed by atoms with van der Waals surface area (Å²) in [6.07, 6.45) is 0.623. The van der Waals surface area contributed by atoms with Crippen LogP contribution in [0.4, 0.5) is 0 Å². The fourth-order valence-corrected chi connectivity index (χ4v) is 4.86. The Labute approximate surface area is 169 Å². The minimum Gasteiger partial charge on any atom is -0.492 e. The molecule has 0 saturated carbocycles. The number of hydrogen-bond acceptors (Lipinski definition) is 5. The van der Waals surface area contributed by atoms with Crippen molar-refractivity contribution < 1.29 is 13.2 Å². The summed E-state index contributed by atoms with van der Waals surface area (Å²) in [5, 5.41) is 6.44. The molecule has 1 saturated heterocycles. The van der Waals surface area contributed by atoms with Gasteiger partial charge in [-0.15, -0.1) is 0 Å². The molecule has 1 aliphatic heterocycles. The zero-order valence-electron chi connectivity index (χ0n) is 17.3. The molecule has 158 valence electrons. The van der Waals surface area contributed by atoms with Gasteiger partial charge in [-0.1, -0.05) is 32.0 Å². The van der Waals surface area contributed by atoms with E-state index >= 15 is 0 Å². The summed E-state index contributed by atoms with van der Waals surface area (Å²) in [4.78, 5) is 6.96.